The SMILES string of the molecule is COc1c(Cl)cc(C)cc1/C(O)=C1\C(=O)C(=O)N(c2nc3ccc(C)cc3[nH]2)C1c1ccco1. The van der Waals surface area contributed by atoms with Crippen molar-refractivity contribution in [2.75, 3.05) is 12.0 Å². The zero-order valence-electron chi connectivity index (χ0n) is 18.5. The maximum Gasteiger partial charge on any atom is 0.302 e. The van der Waals surface area contributed by atoms with Gasteiger partial charge in [0.05, 0.1) is 40.6 Å². The molecule has 5 rings (SSSR count). The van der Waals surface area contributed by atoms with Gasteiger partial charge in [0.1, 0.15) is 23.3 Å². The molecule has 1 unspecified atom stereocenters. The van der Waals surface area contributed by atoms with Crippen LogP contribution in [0, 0.1) is 13.8 Å². The van der Waals surface area contributed by atoms with Gasteiger partial charge in [0.25, 0.3) is 5.78 Å². The standard InChI is InChI=1S/C25H20ClN3O5/c1-12-6-7-16-17(11-12)28-25(27-16)29-20(18-5-4-8-34-18)19(22(31)24(29)32)21(30)14-9-13(2)10-15(26)23(14)33-3/h4-11,20,30H,1-3H3,(H,27,28)/b21-19+. The molecule has 3 heterocycles. The number of carbonyl (C=O) groups is 2. The van der Waals surface area contributed by atoms with Crippen LogP contribution in [0.25, 0.3) is 16.8 Å². The van der Waals surface area contributed by atoms with E-state index in [-0.39, 0.29) is 33.6 Å². The number of aryl methyl sites for hydroxylation is 2. The Labute approximate surface area is 199 Å². The topological polar surface area (TPSA) is 109 Å². The minimum Gasteiger partial charge on any atom is -0.507 e. The molecule has 0 aliphatic carbocycles. The van der Waals surface area contributed by atoms with Crippen molar-refractivity contribution in [3.63, 3.8) is 0 Å². The van der Waals surface area contributed by atoms with Crippen LogP contribution in [-0.4, -0.2) is 33.9 Å². The Hall–Kier alpha value is -4.04. The van der Waals surface area contributed by atoms with Gasteiger partial charge in [0.2, 0.25) is 5.95 Å². The number of anilines is 1. The average Bonchev–Trinajstić information content (AvgIpc) is 3.51. The molecule has 1 amide bonds. The monoisotopic (exact) mass is 477 g/mol. The van der Waals surface area contributed by atoms with Crippen LogP contribution < -0.4 is 9.64 Å². The molecule has 0 saturated carbocycles. The second-order valence-electron chi connectivity index (χ2n) is 8.09. The van der Waals surface area contributed by atoms with Gasteiger partial charge >= 0.3 is 5.91 Å². The van der Waals surface area contributed by atoms with Crippen LogP contribution in [0.2, 0.25) is 5.02 Å². The summed E-state index contributed by atoms with van der Waals surface area (Å²) in [5.41, 5.74) is 3.13. The number of hydrogen-bond acceptors (Lipinski definition) is 6. The molecule has 0 bridgehead atoms. The largest absolute Gasteiger partial charge is 0.507 e. The number of ketones is 1. The molecule has 172 valence electrons. The molecular weight excluding hydrogens is 458 g/mol. The second-order valence-corrected chi connectivity index (χ2v) is 8.50. The molecule has 2 aromatic heterocycles. The summed E-state index contributed by atoms with van der Waals surface area (Å²) in [7, 11) is 1.41. The smallest absolute Gasteiger partial charge is 0.302 e. The van der Waals surface area contributed by atoms with Crippen molar-refractivity contribution in [1.29, 1.82) is 0 Å². The normalized spacial score (nSPS) is 17.6. The van der Waals surface area contributed by atoms with E-state index in [1.165, 1.54) is 18.3 Å². The number of imidazole rings is 1. The lowest BCUT2D eigenvalue weighted by molar-refractivity contribution is -0.132. The number of aliphatic hydroxyl groups is 1. The van der Waals surface area contributed by atoms with Gasteiger partial charge < -0.3 is 19.2 Å². The van der Waals surface area contributed by atoms with Crippen molar-refractivity contribution in [1.82, 2.24) is 9.97 Å². The minimum absolute atomic E-state index is 0.156. The molecule has 1 fully saturated rings. The molecule has 0 spiro atoms. The van der Waals surface area contributed by atoms with E-state index in [4.69, 9.17) is 20.8 Å². The number of Topliss-reactive ketones (excluding diaryl/α,β-unsaturated/α-hetero) is 1. The zero-order chi connectivity index (χ0) is 24.1. The highest BCUT2D eigenvalue weighted by Crippen LogP contribution is 2.44. The van der Waals surface area contributed by atoms with Gasteiger partial charge in [-0.3, -0.25) is 14.5 Å². The fourth-order valence-electron chi connectivity index (χ4n) is 4.25. The van der Waals surface area contributed by atoms with Gasteiger partial charge in [-0.05, 0) is 61.4 Å². The van der Waals surface area contributed by atoms with Crippen LogP contribution in [0.3, 0.4) is 0 Å². The van der Waals surface area contributed by atoms with E-state index in [2.05, 4.69) is 9.97 Å². The number of carbonyl (C=O) groups excluding carboxylic acids is 2. The zero-order valence-corrected chi connectivity index (χ0v) is 19.3. The number of nitrogens with one attached hydrogen (secondary N) is 1. The van der Waals surface area contributed by atoms with Crippen molar-refractivity contribution >= 4 is 46.0 Å². The number of aliphatic hydroxyl groups excluding tert-OH is 1. The molecule has 1 aliphatic rings. The number of aromatic amines is 1. The summed E-state index contributed by atoms with van der Waals surface area (Å²) < 4.78 is 11.0. The first-order valence-corrected chi connectivity index (χ1v) is 10.8. The summed E-state index contributed by atoms with van der Waals surface area (Å²) in [5.74, 6) is -1.51. The van der Waals surface area contributed by atoms with Gasteiger partial charge in [-0.2, -0.15) is 0 Å². The lowest BCUT2D eigenvalue weighted by Crippen LogP contribution is -2.30. The Bertz CT molecular complexity index is 1490. The third-order valence-corrected chi connectivity index (χ3v) is 6.04. The summed E-state index contributed by atoms with van der Waals surface area (Å²) in [6.45, 7) is 3.73. The molecule has 0 radical (unpaired) electrons. The number of rotatable bonds is 4. The van der Waals surface area contributed by atoms with Gasteiger partial charge in [-0.25, -0.2) is 4.98 Å². The predicted octanol–water partition coefficient (Wildman–Crippen LogP) is 5.06. The molecule has 4 aromatic rings. The summed E-state index contributed by atoms with van der Waals surface area (Å²) in [5, 5.41) is 11.6. The molecule has 2 aromatic carbocycles. The Morgan fingerprint density at radius 2 is 1.97 bits per heavy atom. The van der Waals surface area contributed by atoms with Crippen molar-refractivity contribution in [2.24, 2.45) is 0 Å². The molecule has 1 aliphatic heterocycles. The van der Waals surface area contributed by atoms with Crippen molar-refractivity contribution in [3.05, 3.63) is 81.8 Å². The Balaban J connectivity index is 1.75. The number of nitrogens with zero attached hydrogens (tertiary/aromatic N) is 2. The van der Waals surface area contributed by atoms with Gasteiger partial charge in [-0.15, -0.1) is 0 Å². The van der Waals surface area contributed by atoms with Crippen molar-refractivity contribution in [3.8, 4) is 5.75 Å². The maximum absolute atomic E-state index is 13.3. The molecule has 1 saturated heterocycles. The second kappa shape index (κ2) is 8.07. The number of methoxy groups -OCH3 is 1. The highest BCUT2D eigenvalue weighted by Gasteiger charge is 2.49. The van der Waals surface area contributed by atoms with Gasteiger partial charge in [-0.1, -0.05) is 17.7 Å². The first-order chi connectivity index (χ1) is 16.3. The minimum atomic E-state index is -1.05. The van der Waals surface area contributed by atoms with Crippen molar-refractivity contribution in [2.45, 2.75) is 19.9 Å². The van der Waals surface area contributed by atoms with Crippen molar-refractivity contribution < 1.29 is 23.8 Å². The van der Waals surface area contributed by atoms with Crippen LogP contribution in [-0.2, 0) is 9.59 Å². The molecule has 2 N–H and O–H groups in total. The Kier molecular flexibility index (Phi) is 5.17. The van der Waals surface area contributed by atoms with Crippen LogP contribution in [0.15, 0.2) is 58.7 Å². The van der Waals surface area contributed by atoms with E-state index >= 15 is 0 Å². The third-order valence-electron chi connectivity index (χ3n) is 5.76. The molecule has 9 heteroatoms. The lowest BCUT2D eigenvalue weighted by Gasteiger charge is -2.21. The van der Waals surface area contributed by atoms with Crippen LogP contribution in [0.4, 0.5) is 5.95 Å². The molecule has 34 heavy (non-hydrogen) atoms. The number of benzene rings is 2. The lowest BCUT2D eigenvalue weighted by atomic mass is 9.98. The predicted molar refractivity (Wildman–Crippen MR) is 127 cm³/mol. The fraction of sp³-hybridized carbons (Fsp3) is 0.160. The summed E-state index contributed by atoms with van der Waals surface area (Å²) in [6.07, 6.45) is 1.43. The van der Waals surface area contributed by atoms with Crippen LogP contribution in [0.5, 0.6) is 5.75 Å². The first-order valence-electron chi connectivity index (χ1n) is 10.5. The first kappa shape index (κ1) is 21.8. The molecule has 1 atom stereocenters. The van der Waals surface area contributed by atoms with Crippen LogP contribution in [0.1, 0.15) is 28.5 Å². The number of halogens is 1. The summed E-state index contributed by atoms with van der Waals surface area (Å²) in [4.78, 5) is 35.4. The van der Waals surface area contributed by atoms with Gasteiger partial charge in [0.15, 0.2) is 0 Å². The highest BCUT2D eigenvalue weighted by atomic mass is 35.5. The highest BCUT2D eigenvalue weighted by molar-refractivity contribution is 6.51. The van der Waals surface area contributed by atoms with E-state index in [0.717, 1.165) is 11.1 Å². The summed E-state index contributed by atoms with van der Waals surface area (Å²) >= 11 is 6.31. The Morgan fingerprint density at radius 3 is 2.68 bits per heavy atom. The number of furan rings is 1. The van der Waals surface area contributed by atoms with E-state index < -0.39 is 23.5 Å². The number of fused-ring (bicyclic) bond motifs is 1. The number of ether oxygens (including phenoxy) is 1. The quantitative estimate of drug-likeness (QED) is 0.241. The number of H-pyrrole nitrogens is 1. The van der Waals surface area contributed by atoms with E-state index in [1.54, 1.807) is 31.2 Å². The van der Waals surface area contributed by atoms with E-state index in [1.807, 2.05) is 25.1 Å². The number of aromatic nitrogens is 2. The van der Waals surface area contributed by atoms with Gasteiger partial charge in [0, 0.05) is 0 Å². The molecule has 8 nitrogen and oxygen atoms in total. The van der Waals surface area contributed by atoms with E-state index in [9.17, 15) is 14.7 Å². The summed E-state index contributed by atoms with van der Waals surface area (Å²) in [6, 6.07) is 11.1. The fourth-order valence-corrected chi connectivity index (χ4v) is 4.60. The third kappa shape index (κ3) is 3.34. The van der Waals surface area contributed by atoms with E-state index in [0.29, 0.717) is 11.0 Å². The average molecular weight is 478 g/mol. The maximum atomic E-state index is 13.3. The number of amides is 1. The number of hydrogen-bond donors (Lipinski definition) is 2. The Morgan fingerprint density at radius 1 is 1.18 bits per heavy atom. The van der Waals surface area contributed by atoms with Crippen LogP contribution >= 0.6 is 11.6 Å². The molecular formula is C25H20ClN3O5.